The Balaban J connectivity index is 1.54. The van der Waals surface area contributed by atoms with Crippen LogP contribution in [-0.4, -0.2) is 21.2 Å². The van der Waals surface area contributed by atoms with Crippen LogP contribution in [0.15, 0.2) is 66.0 Å². The van der Waals surface area contributed by atoms with Crippen LogP contribution in [0, 0.1) is 0 Å². The van der Waals surface area contributed by atoms with Crippen LogP contribution in [0.5, 0.6) is 0 Å². The standard InChI is InChI=1S/C19H18ClN3OS/c1-23-17(15-5-3-2-4-6-15)12-22-19(23)25-13-18(24)21-11-14-7-9-16(20)10-8-14/h2-10,12H,11,13H2,1H3,(H,21,24). The number of hydrogen-bond donors (Lipinski definition) is 1. The molecule has 0 aliphatic rings. The minimum atomic E-state index is -0.0239. The summed E-state index contributed by atoms with van der Waals surface area (Å²) < 4.78 is 2.01. The third-order valence-corrected chi connectivity index (χ3v) is 5.05. The van der Waals surface area contributed by atoms with E-state index in [0.717, 1.165) is 22.0 Å². The van der Waals surface area contributed by atoms with E-state index in [1.54, 1.807) is 0 Å². The lowest BCUT2D eigenvalue weighted by molar-refractivity contribution is -0.118. The molecule has 1 amide bonds. The zero-order chi connectivity index (χ0) is 17.6. The Morgan fingerprint density at radius 2 is 1.88 bits per heavy atom. The molecule has 1 aromatic heterocycles. The van der Waals surface area contributed by atoms with Gasteiger partial charge in [-0.3, -0.25) is 4.79 Å². The molecule has 0 aliphatic carbocycles. The van der Waals surface area contributed by atoms with E-state index in [-0.39, 0.29) is 5.91 Å². The first kappa shape index (κ1) is 17.6. The fraction of sp³-hybridized carbons (Fsp3) is 0.158. The fourth-order valence-corrected chi connectivity index (χ4v) is 3.30. The summed E-state index contributed by atoms with van der Waals surface area (Å²) in [4.78, 5) is 16.5. The number of carbonyl (C=O) groups is 1. The maximum Gasteiger partial charge on any atom is 0.230 e. The summed E-state index contributed by atoms with van der Waals surface area (Å²) in [6.45, 7) is 0.492. The second-order valence-corrected chi connectivity index (χ2v) is 6.92. The lowest BCUT2D eigenvalue weighted by Gasteiger charge is -2.07. The van der Waals surface area contributed by atoms with Crippen molar-refractivity contribution in [3.8, 4) is 11.3 Å². The fourth-order valence-electron chi connectivity index (χ4n) is 2.39. The van der Waals surface area contributed by atoms with Gasteiger partial charge in [0.1, 0.15) is 0 Å². The average Bonchev–Trinajstić information content (AvgIpc) is 3.01. The summed E-state index contributed by atoms with van der Waals surface area (Å²) in [7, 11) is 1.96. The highest BCUT2D eigenvalue weighted by Crippen LogP contribution is 2.24. The largest absolute Gasteiger partial charge is 0.351 e. The summed E-state index contributed by atoms with van der Waals surface area (Å²) in [5.74, 6) is 0.302. The number of nitrogens with zero attached hydrogens (tertiary/aromatic N) is 2. The highest BCUT2D eigenvalue weighted by Gasteiger charge is 2.11. The van der Waals surface area contributed by atoms with Crippen molar-refractivity contribution in [1.29, 1.82) is 0 Å². The zero-order valence-corrected chi connectivity index (χ0v) is 15.3. The van der Waals surface area contributed by atoms with E-state index in [1.807, 2.05) is 72.4 Å². The van der Waals surface area contributed by atoms with E-state index >= 15 is 0 Å². The van der Waals surface area contributed by atoms with Crippen molar-refractivity contribution in [3.05, 3.63) is 71.4 Å². The van der Waals surface area contributed by atoms with Crippen LogP contribution in [0.2, 0.25) is 5.02 Å². The lowest BCUT2D eigenvalue weighted by Crippen LogP contribution is -2.24. The number of rotatable bonds is 6. The Hall–Kier alpha value is -2.24. The monoisotopic (exact) mass is 371 g/mol. The first-order chi connectivity index (χ1) is 12.1. The summed E-state index contributed by atoms with van der Waals surface area (Å²) >= 11 is 7.28. The van der Waals surface area contributed by atoms with Gasteiger partial charge in [-0.25, -0.2) is 4.98 Å². The number of aromatic nitrogens is 2. The Morgan fingerprint density at radius 1 is 1.16 bits per heavy atom. The summed E-state index contributed by atoms with van der Waals surface area (Å²) in [6.07, 6.45) is 1.84. The van der Waals surface area contributed by atoms with Gasteiger partial charge in [-0.05, 0) is 23.3 Å². The summed E-state index contributed by atoms with van der Waals surface area (Å²) in [5.41, 5.74) is 3.16. The molecule has 128 valence electrons. The molecule has 2 aromatic carbocycles. The normalized spacial score (nSPS) is 10.6. The van der Waals surface area contributed by atoms with Crippen molar-refractivity contribution in [3.63, 3.8) is 0 Å². The second-order valence-electron chi connectivity index (χ2n) is 5.54. The van der Waals surface area contributed by atoms with Gasteiger partial charge in [0.25, 0.3) is 0 Å². The van der Waals surface area contributed by atoms with Crippen LogP contribution in [0.4, 0.5) is 0 Å². The number of hydrogen-bond acceptors (Lipinski definition) is 3. The number of carbonyl (C=O) groups excluding carboxylic acids is 1. The number of amides is 1. The van der Waals surface area contributed by atoms with Crippen molar-refractivity contribution >= 4 is 29.3 Å². The zero-order valence-electron chi connectivity index (χ0n) is 13.8. The molecule has 1 heterocycles. The predicted octanol–water partition coefficient (Wildman–Crippen LogP) is 4.15. The van der Waals surface area contributed by atoms with Crippen LogP contribution in [0.3, 0.4) is 0 Å². The first-order valence-corrected chi connectivity index (χ1v) is 9.21. The van der Waals surface area contributed by atoms with E-state index < -0.39 is 0 Å². The minimum Gasteiger partial charge on any atom is -0.351 e. The molecule has 3 rings (SSSR count). The molecule has 0 saturated carbocycles. The second kappa shape index (κ2) is 8.23. The van der Waals surface area contributed by atoms with Gasteiger partial charge in [0.15, 0.2) is 5.16 Å². The molecule has 25 heavy (non-hydrogen) atoms. The molecule has 0 atom stereocenters. The number of benzene rings is 2. The molecular formula is C19H18ClN3OS. The minimum absolute atomic E-state index is 0.0239. The molecule has 0 bridgehead atoms. The topological polar surface area (TPSA) is 46.9 Å². The molecule has 0 aliphatic heterocycles. The van der Waals surface area contributed by atoms with E-state index in [9.17, 15) is 4.79 Å². The maximum atomic E-state index is 12.0. The van der Waals surface area contributed by atoms with Gasteiger partial charge in [-0.1, -0.05) is 65.8 Å². The third kappa shape index (κ3) is 4.65. The Kier molecular flexibility index (Phi) is 5.79. The number of nitrogens with one attached hydrogen (secondary N) is 1. The SMILES string of the molecule is Cn1c(-c2ccccc2)cnc1SCC(=O)NCc1ccc(Cl)cc1. The molecule has 0 spiro atoms. The van der Waals surface area contributed by atoms with Crippen LogP contribution >= 0.6 is 23.4 Å². The van der Waals surface area contributed by atoms with E-state index in [0.29, 0.717) is 17.3 Å². The number of halogens is 1. The lowest BCUT2D eigenvalue weighted by atomic mass is 10.2. The van der Waals surface area contributed by atoms with Crippen molar-refractivity contribution in [2.24, 2.45) is 7.05 Å². The molecule has 0 unspecified atom stereocenters. The van der Waals surface area contributed by atoms with Gasteiger partial charge >= 0.3 is 0 Å². The number of imidazole rings is 1. The Labute approximate surface area is 156 Å². The Bertz CT molecular complexity index is 847. The average molecular weight is 372 g/mol. The van der Waals surface area contributed by atoms with Crippen molar-refractivity contribution in [2.75, 3.05) is 5.75 Å². The van der Waals surface area contributed by atoms with Crippen molar-refractivity contribution in [2.45, 2.75) is 11.7 Å². The molecule has 4 nitrogen and oxygen atoms in total. The van der Waals surface area contributed by atoms with Gasteiger partial charge < -0.3 is 9.88 Å². The molecule has 0 saturated heterocycles. The van der Waals surface area contributed by atoms with Crippen molar-refractivity contribution in [1.82, 2.24) is 14.9 Å². The molecule has 6 heteroatoms. The highest BCUT2D eigenvalue weighted by molar-refractivity contribution is 7.99. The van der Waals surface area contributed by atoms with Crippen molar-refractivity contribution < 1.29 is 4.79 Å². The van der Waals surface area contributed by atoms with Crippen LogP contribution in [0.25, 0.3) is 11.3 Å². The quantitative estimate of drug-likeness (QED) is 0.662. The van der Waals surface area contributed by atoms with E-state index in [2.05, 4.69) is 10.3 Å². The summed E-state index contributed by atoms with van der Waals surface area (Å²) in [6, 6.07) is 17.5. The Morgan fingerprint density at radius 3 is 2.60 bits per heavy atom. The number of thioether (sulfide) groups is 1. The molecule has 3 aromatic rings. The third-order valence-electron chi connectivity index (χ3n) is 3.75. The van der Waals surface area contributed by atoms with Gasteiger partial charge in [0, 0.05) is 18.6 Å². The predicted molar refractivity (Wildman–Crippen MR) is 103 cm³/mol. The first-order valence-electron chi connectivity index (χ1n) is 7.84. The molecule has 0 fully saturated rings. The van der Waals surface area contributed by atoms with Crippen LogP contribution in [0.1, 0.15) is 5.56 Å². The van der Waals surface area contributed by atoms with E-state index in [4.69, 9.17) is 11.6 Å². The van der Waals surface area contributed by atoms with Crippen LogP contribution < -0.4 is 5.32 Å². The van der Waals surface area contributed by atoms with Gasteiger partial charge in [-0.2, -0.15) is 0 Å². The van der Waals surface area contributed by atoms with E-state index in [1.165, 1.54) is 11.8 Å². The smallest absolute Gasteiger partial charge is 0.230 e. The molecule has 0 radical (unpaired) electrons. The van der Waals surface area contributed by atoms with Gasteiger partial charge in [-0.15, -0.1) is 0 Å². The maximum absolute atomic E-state index is 12.0. The summed E-state index contributed by atoms with van der Waals surface area (Å²) in [5, 5.41) is 4.42. The molecular weight excluding hydrogens is 354 g/mol. The highest BCUT2D eigenvalue weighted by atomic mass is 35.5. The molecule has 1 N–H and O–H groups in total. The van der Waals surface area contributed by atoms with Gasteiger partial charge in [0.2, 0.25) is 5.91 Å². The van der Waals surface area contributed by atoms with Crippen LogP contribution in [-0.2, 0) is 18.4 Å². The van der Waals surface area contributed by atoms with Gasteiger partial charge in [0.05, 0.1) is 17.6 Å².